The Morgan fingerprint density at radius 1 is 0.950 bits per heavy atom. The van der Waals surface area contributed by atoms with Crippen molar-refractivity contribution in [3.63, 3.8) is 0 Å². The van der Waals surface area contributed by atoms with Gasteiger partial charge < -0.3 is 15.2 Å². The van der Waals surface area contributed by atoms with E-state index in [1.165, 1.54) is 0 Å². The minimum atomic E-state index is 0.696. The van der Waals surface area contributed by atoms with Gasteiger partial charge in [-0.3, -0.25) is 0 Å². The van der Waals surface area contributed by atoms with E-state index < -0.39 is 0 Å². The van der Waals surface area contributed by atoms with Crippen LogP contribution in [0.1, 0.15) is 0 Å². The number of nitrogen functional groups attached to an aromatic ring is 1. The van der Waals surface area contributed by atoms with Crippen LogP contribution in [0.25, 0.3) is 21.5 Å². The average Bonchev–Trinajstić information content (AvgIpc) is 2.48. The van der Waals surface area contributed by atoms with Crippen molar-refractivity contribution in [3.8, 4) is 11.5 Å². The highest BCUT2D eigenvalue weighted by atomic mass is 79.9. The molecular weight excluding hydrogens is 318 g/mol. The fourth-order valence-corrected chi connectivity index (χ4v) is 3.09. The molecule has 0 saturated carbocycles. The fraction of sp³-hybridized carbons (Fsp3) is 0.125. The summed E-state index contributed by atoms with van der Waals surface area (Å²) in [6.07, 6.45) is 0. The normalized spacial score (nSPS) is 10.9. The molecule has 0 heterocycles. The second-order valence-electron chi connectivity index (χ2n) is 4.53. The molecule has 0 aliphatic carbocycles. The topological polar surface area (TPSA) is 44.5 Å². The molecule has 0 aliphatic heterocycles. The number of benzene rings is 3. The summed E-state index contributed by atoms with van der Waals surface area (Å²) in [4.78, 5) is 0. The van der Waals surface area contributed by atoms with Gasteiger partial charge in [-0.05, 0) is 17.5 Å². The predicted molar refractivity (Wildman–Crippen MR) is 86.7 cm³/mol. The lowest BCUT2D eigenvalue weighted by Gasteiger charge is -2.15. The first-order valence-electron chi connectivity index (χ1n) is 6.18. The summed E-state index contributed by atoms with van der Waals surface area (Å²) in [5.41, 5.74) is 6.91. The lowest BCUT2D eigenvalue weighted by Crippen LogP contribution is -1.95. The molecule has 3 nitrogen and oxygen atoms in total. The molecule has 20 heavy (non-hydrogen) atoms. The molecule has 3 aromatic rings. The summed E-state index contributed by atoms with van der Waals surface area (Å²) in [5.74, 6) is 1.42. The quantitative estimate of drug-likeness (QED) is 0.560. The van der Waals surface area contributed by atoms with Gasteiger partial charge >= 0.3 is 0 Å². The molecule has 0 saturated heterocycles. The van der Waals surface area contributed by atoms with Crippen LogP contribution in [-0.2, 0) is 0 Å². The van der Waals surface area contributed by atoms with Crippen LogP contribution >= 0.6 is 15.9 Å². The third-order valence-electron chi connectivity index (χ3n) is 3.47. The van der Waals surface area contributed by atoms with Crippen LogP contribution in [0.3, 0.4) is 0 Å². The Labute approximate surface area is 125 Å². The summed E-state index contributed by atoms with van der Waals surface area (Å²) >= 11 is 3.58. The number of ether oxygens (including phenoxy) is 2. The van der Waals surface area contributed by atoms with Crippen molar-refractivity contribution in [3.05, 3.63) is 40.9 Å². The highest BCUT2D eigenvalue weighted by Crippen LogP contribution is 2.44. The molecule has 0 aliphatic rings. The minimum Gasteiger partial charge on any atom is -0.493 e. The second kappa shape index (κ2) is 4.87. The van der Waals surface area contributed by atoms with Crippen LogP contribution in [0.2, 0.25) is 0 Å². The van der Waals surface area contributed by atoms with Crippen LogP contribution in [0.4, 0.5) is 5.69 Å². The third kappa shape index (κ3) is 1.79. The van der Waals surface area contributed by atoms with Crippen LogP contribution in [-0.4, -0.2) is 14.2 Å². The molecule has 0 unspecified atom stereocenters. The lowest BCUT2D eigenvalue weighted by atomic mass is 9.99. The molecule has 0 aromatic heterocycles. The van der Waals surface area contributed by atoms with E-state index in [-0.39, 0.29) is 0 Å². The minimum absolute atomic E-state index is 0.696. The van der Waals surface area contributed by atoms with E-state index in [1.54, 1.807) is 14.2 Å². The van der Waals surface area contributed by atoms with Gasteiger partial charge in [0.15, 0.2) is 11.5 Å². The number of fused-ring (bicyclic) bond motifs is 3. The number of nitrogens with two attached hydrogens (primary N) is 1. The summed E-state index contributed by atoms with van der Waals surface area (Å²) in [6, 6.07) is 11.9. The van der Waals surface area contributed by atoms with Crippen molar-refractivity contribution in [1.82, 2.24) is 0 Å². The van der Waals surface area contributed by atoms with Gasteiger partial charge in [-0.2, -0.15) is 0 Å². The van der Waals surface area contributed by atoms with Gasteiger partial charge in [0, 0.05) is 26.3 Å². The van der Waals surface area contributed by atoms with Gasteiger partial charge in [-0.1, -0.05) is 40.2 Å². The summed E-state index contributed by atoms with van der Waals surface area (Å²) in [6.45, 7) is 0. The molecule has 3 rings (SSSR count). The zero-order valence-electron chi connectivity index (χ0n) is 11.2. The van der Waals surface area contributed by atoms with Crippen LogP contribution in [0.5, 0.6) is 11.5 Å². The fourth-order valence-electron chi connectivity index (χ4n) is 2.57. The summed E-state index contributed by atoms with van der Waals surface area (Å²) in [5, 5.41) is 4.08. The van der Waals surface area contributed by atoms with E-state index in [0.717, 1.165) is 37.5 Å². The highest BCUT2D eigenvalue weighted by Gasteiger charge is 2.16. The van der Waals surface area contributed by atoms with Crippen molar-refractivity contribution < 1.29 is 9.47 Å². The maximum absolute atomic E-state index is 6.16. The Morgan fingerprint density at radius 2 is 1.65 bits per heavy atom. The molecule has 2 N–H and O–H groups in total. The first-order chi connectivity index (χ1) is 9.67. The van der Waals surface area contributed by atoms with E-state index in [4.69, 9.17) is 15.2 Å². The molecule has 3 aromatic carbocycles. The summed E-state index contributed by atoms with van der Waals surface area (Å²) in [7, 11) is 3.28. The maximum atomic E-state index is 6.16. The van der Waals surface area contributed by atoms with E-state index >= 15 is 0 Å². The second-order valence-corrected chi connectivity index (χ2v) is 5.38. The molecular formula is C16H14BrNO2. The van der Waals surface area contributed by atoms with Crippen molar-refractivity contribution in [2.24, 2.45) is 0 Å². The standard InChI is InChI=1S/C16H14BrNO2/c1-19-14-8-12(17)11-7-13(18)9-5-3-4-6-10(9)15(11)16(14)20-2/h3-8H,18H2,1-2H3. The van der Waals surface area contributed by atoms with E-state index in [1.807, 2.05) is 36.4 Å². The number of rotatable bonds is 2. The summed E-state index contributed by atoms with van der Waals surface area (Å²) < 4.78 is 11.9. The molecule has 4 heteroatoms. The molecule has 0 bridgehead atoms. The van der Waals surface area contributed by atoms with Gasteiger partial charge in [0.25, 0.3) is 0 Å². The van der Waals surface area contributed by atoms with Crippen molar-refractivity contribution in [1.29, 1.82) is 0 Å². The van der Waals surface area contributed by atoms with Crippen LogP contribution in [0.15, 0.2) is 40.9 Å². The Bertz CT molecular complexity index is 815. The van der Waals surface area contributed by atoms with Crippen molar-refractivity contribution in [2.75, 3.05) is 20.0 Å². The number of anilines is 1. The third-order valence-corrected chi connectivity index (χ3v) is 4.12. The Balaban J connectivity index is 2.62. The number of hydrogen-bond acceptors (Lipinski definition) is 3. The molecule has 0 fully saturated rings. The zero-order chi connectivity index (χ0) is 14.3. The van der Waals surface area contributed by atoms with Crippen LogP contribution < -0.4 is 15.2 Å². The predicted octanol–water partition coefficient (Wildman–Crippen LogP) is 4.35. The first-order valence-corrected chi connectivity index (χ1v) is 6.98. The molecule has 0 radical (unpaired) electrons. The van der Waals surface area contributed by atoms with E-state index in [9.17, 15) is 0 Å². The van der Waals surface area contributed by atoms with Gasteiger partial charge in [0.05, 0.1) is 14.2 Å². The van der Waals surface area contributed by atoms with Gasteiger partial charge in [0.2, 0.25) is 0 Å². The maximum Gasteiger partial charge on any atom is 0.169 e. The highest BCUT2D eigenvalue weighted by molar-refractivity contribution is 9.10. The first kappa shape index (κ1) is 13.1. The Hall–Kier alpha value is -1.94. The largest absolute Gasteiger partial charge is 0.493 e. The molecule has 0 atom stereocenters. The molecule has 0 spiro atoms. The van der Waals surface area contributed by atoms with Crippen LogP contribution in [0, 0.1) is 0 Å². The van der Waals surface area contributed by atoms with Gasteiger partial charge in [-0.25, -0.2) is 0 Å². The Kier molecular flexibility index (Phi) is 3.18. The molecule has 102 valence electrons. The lowest BCUT2D eigenvalue weighted by molar-refractivity contribution is 0.358. The number of halogens is 1. The monoisotopic (exact) mass is 331 g/mol. The zero-order valence-corrected chi connectivity index (χ0v) is 12.8. The molecule has 0 amide bonds. The Morgan fingerprint density at radius 3 is 2.30 bits per heavy atom. The van der Waals surface area contributed by atoms with Crippen molar-refractivity contribution in [2.45, 2.75) is 0 Å². The van der Waals surface area contributed by atoms with Gasteiger partial charge in [0.1, 0.15) is 0 Å². The number of methoxy groups -OCH3 is 2. The average molecular weight is 332 g/mol. The number of hydrogen-bond donors (Lipinski definition) is 1. The smallest absolute Gasteiger partial charge is 0.169 e. The van der Waals surface area contributed by atoms with E-state index in [0.29, 0.717) is 5.75 Å². The van der Waals surface area contributed by atoms with E-state index in [2.05, 4.69) is 15.9 Å². The van der Waals surface area contributed by atoms with Gasteiger partial charge in [-0.15, -0.1) is 0 Å². The van der Waals surface area contributed by atoms with Crippen molar-refractivity contribution >= 4 is 43.2 Å². The SMILES string of the molecule is COc1cc(Br)c2cc(N)c3ccccc3c2c1OC.